The molecule has 0 radical (unpaired) electrons. The Morgan fingerprint density at radius 1 is 1.57 bits per heavy atom. The molecule has 0 aromatic carbocycles. The fourth-order valence-electron chi connectivity index (χ4n) is 1.43. The van der Waals surface area contributed by atoms with Crippen molar-refractivity contribution in [2.75, 3.05) is 7.05 Å². The van der Waals surface area contributed by atoms with Gasteiger partial charge in [0.25, 0.3) is 0 Å². The molecular weight excluding hydrogens is 242 g/mol. The molecule has 14 heavy (non-hydrogen) atoms. The second-order valence-electron chi connectivity index (χ2n) is 3.58. The van der Waals surface area contributed by atoms with E-state index in [0.717, 1.165) is 18.5 Å². The molecule has 0 amide bonds. The van der Waals surface area contributed by atoms with Gasteiger partial charge in [0.15, 0.2) is 0 Å². The fourth-order valence-corrected chi connectivity index (χ4v) is 2.21. The Bertz CT molecular complexity index is 307. The lowest BCUT2D eigenvalue weighted by Gasteiger charge is -2.10. The maximum Gasteiger partial charge on any atom is 0.0766 e. The predicted molar refractivity (Wildman–Crippen MR) is 62.5 cm³/mol. The summed E-state index contributed by atoms with van der Waals surface area (Å²) in [5.41, 5.74) is 2.41. The standard InChI is InChI=1S/C10H18BrN3/c1-5-8-10(11)9(14(4)13-8)6-7(2)12-3/h7,12H,5-6H2,1-4H3. The summed E-state index contributed by atoms with van der Waals surface area (Å²) in [5, 5.41) is 7.69. The molecule has 0 saturated carbocycles. The van der Waals surface area contributed by atoms with Gasteiger partial charge in [0.05, 0.1) is 15.9 Å². The summed E-state index contributed by atoms with van der Waals surface area (Å²) in [6, 6.07) is 0.478. The SMILES string of the molecule is CCc1nn(C)c(CC(C)NC)c1Br. The van der Waals surface area contributed by atoms with Gasteiger partial charge >= 0.3 is 0 Å². The van der Waals surface area contributed by atoms with Gasteiger partial charge in [-0.05, 0) is 36.3 Å². The molecule has 3 nitrogen and oxygen atoms in total. The first-order valence-corrected chi connectivity index (χ1v) is 5.76. The first kappa shape index (κ1) is 11.7. The number of aryl methyl sites for hydroxylation is 2. The van der Waals surface area contributed by atoms with Gasteiger partial charge in [-0.15, -0.1) is 0 Å². The van der Waals surface area contributed by atoms with Crippen molar-refractivity contribution in [1.29, 1.82) is 0 Å². The zero-order chi connectivity index (χ0) is 10.7. The highest BCUT2D eigenvalue weighted by atomic mass is 79.9. The van der Waals surface area contributed by atoms with Gasteiger partial charge in [-0.25, -0.2) is 0 Å². The van der Waals surface area contributed by atoms with Crippen LogP contribution in [0.3, 0.4) is 0 Å². The minimum atomic E-state index is 0.478. The van der Waals surface area contributed by atoms with Gasteiger partial charge in [-0.1, -0.05) is 6.92 Å². The number of halogens is 1. The van der Waals surface area contributed by atoms with Crippen LogP contribution in [0.15, 0.2) is 4.47 Å². The number of nitrogens with zero attached hydrogens (tertiary/aromatic N) is 2. The van der Waals surface area contributed by atoms with Crippen molar-refractivity contribution in [3.8, 4) is 0 Å². The number of nitrogens with one attached hydrogen (secondary N) is 1. The van der Waals surface area contributed by atoms with Crippen LogP contribution in [0.2, 0.25) is 0 Å². The molecule has 1 aromatic rings. The summed E-state index contributed by atoms with van der Waals surface area (Å²) in [6.45, 7) is 4.30. The molecule has 0 fully saturated rings. The average molecular weight is 260 g/mol. The zero-order valence-electron chi connectivity index (χ0n) is 9.26. The Morgan fingerprint density at radius 3 is 2.64 bits per heavy atom. The van der Waals surface area contributed by atoms with Crippen molar-refractivity contribution >= 4 is 15.9 Å². The van der Waals surface area contributed by atoms with E-state index in [4.69, 9.17) is 0 Å². The third-order valence-corrected chi connectivity index (χ3v) is 3.41. The molecule has 1 N–H and O–H groups in total. The summed E-state index contributed by atoms with van der Waals surface area (Å²) in [5.74, 6) is 0. The van der Waals surface area contributed by atoms with Crippen LogP contribution >= 0.6 is 15.9 Å². The van der Waals surface area contributed by atoms with Gasteiger partial charge in [0, 0.05) is 19.5 Å². The van der Waals surface area contributed by atoms with Gasteiger partial charge in [0.1, 0.15) is 0 Å². The van der Waals surface area contributed by atoms with Crippen molar-refractivity contribution < 1.29 is 0 Å². The van der Waals surface area contributed by atoms with Crippen LogP contribution in [-0.4, -0.2) is 22.9 Å². The second-order valence-corrected chi connectivity index (χ2v) is 4.37. The van der Waals surface area contributed by atoms with Crippen LogP contribution in [0.25, 0.3) is 0 Å². The van der Waals surface area contributed by atoms with Crippen LogP contribution in [-0.2, 0) is 19.9 Å². The number of rotatable bonds is 4. The Hall–Kier alpha value is -0.350. The van der Waals surface area contributed by atoms with Crippen LogP contribution in [0.4, 0.5) is 0 Å². The first-order valence-electron chi connectivity index (χ1n) is 4.97. The van der Waals surface area contributed by atoms with E-state index in [1.54, 1.807) is 0 Å². The van der Waals surface area contributed by atoms with E-state index in [-0.39, 0.29) is 0 Å². The molecule has 1 heterocycles. The molecule has 0 aliphatic heterocycles. The molecule has 0 aliphatic rings. The molecule has 1 aromatic heterocycles. The molecule has 0 aliphatic carbocycles. The van der Waals surface area contributed by atoms with E-state index < -0.39 is 0 Å². The van der Waals surface area contributed by atoms with E-state index in [9.17, 15) is 0 Å². The van der Waals surface area contributed by atoms with E-state index in [1.165, 1.54) is 10.2 Å². The summed E-state index contributed by atoms with van der Waals surface area (Å²) in [6.07, 6.45) is 1.98. The monoisotopic (exact) mass is 259 g/mol. The Morgan fingerprint density at radius 2 is 2.21 bits per heavy atom. The van der Waals surface area contributed by atoms with Gasteiger partial charge < -0.3 is 5.32 Å². The minimum absolute atomic E-state index is 0.478. The van der Waals surface area contributed by atoms with Gasteiger partial charge in [-0.3, -0.25) is 4.68 Å². The maximum absolute atomic E-state index is 4.46. The van der Waals surface area contributed by atoms with Crippen LogP contribution in [0.5, 0.6) is 0 Å². The number of hydrogen-bond donors (Lipinski definition) is 1. The van der Waals surface area contributed by atoms with E-state index >= 15 is 0 Å². The van der Waals surface area contributed by atoms with Crippen LogP contribution in [0.1, 0.15) is 25.2 Å². The summed E-state index contributed by atoms with van der Waals surface area (Å²) >= 11 is 3.61. The van der Waals surface area contributed by atoms with Crippen molar-refractivity contribution in [3.63, 3.8) is 0 Å². The molecule has 0 bridgehead atoms. The first-order chi connectivity index (χ1) is 6.60. The lowest BCUT2D eigenvalue weighted by atomic mass is 10.1. The highest BCUT2D eigenvalue weighted by Gasteiger charge is 2.13. The molecule has 1 atom stereocenters. The van der Waals surface area contributed by atoms with Gasteiger partial charge in [-0.2, -0.15) is 5.10 Å². The zero-order valence-corrected chi connectivity index (χ0v) is 10.8. The van der Waals surface area contributed by atoms with Crippen molar-refractivity contribution in [2.24, 2.45) is 7.05 Å². The van der Waals surface area contributed by atoms with E-state index in [2.05, 4.69) is 40.2 Å². The van der Waals surface area contributed by atoms with E-state index in [1.807, 2.05) is 18.8 Å². The van der Waals surface area contributed by atoms with E-state index in [0.29, 0.717) is 6.04 Å². The summed E-state index contributed by atoms with van der Waals surface area (Å²) < 4.78 is 3.14. The number of likely N-dealkylation sites (N-methyl/N-ethyl adjacent to an activating group) is 1. The topological polar surface area (TPSA) is 29.9 Å². The number of aromatic nitrogens is 2. The lowest BCUT2D eigenvalue weighted by molar-refractivity contribution is 0.574. The highest BCUT2D eigenvalue weighted by molar-refractivity contribution is 9.10. The molecular formula is C10H18BrN3. The minimum Gasteiger partial charge on any atom is -0.317 e. The highest BCUT2D eigenvalue weighted by Crippen LogP contribution is 2.22. The van der Waals surface area contributed by atoms with Crippen molar-refractivity contribution in [2.45, 2.75) is 32.7 Å². The third kappa shape index (κ3) is 2.36. The van der Waals surface area contributed by atoms with Crippen molar-refractivity contribution in [3.05, 3.63) is 15.9 Å². The summed E-state index contributed by atoms with van der Waals surface area (Å²) in [7, 11) is 3.98. The van der Waals surface area contributed by atoms with Crippen LogP contribution in [0, 0.1) is 0 Å². The largest absolute Gasteiger partial charge is 0.317 e. The lowest BCUT2D eigenvalue weighted by Crippen LogP contribution is -2.24. The molecule has 0 saturated heterocycles. The van der Waals surface area contributed by atoms with Crippen molar-refractivity contribution in [1.82, 2.24) is 15.1 Å². The Labute approximate surface area is 94.0 Å². The smallest absolute Gasteiger partial charge is 0.0766 e. The van der Waals surface area contributed by atoms with Crippen LogP contribution < -0.4 is 5.32 Å². The average Bonchev–Trinajstić information content (AvgIpc) is 2.44. The summed E-state index contributed by atoms with van der Waals surface area (Å²) in [4.78, 5) is 0. The quantitative estimate of drug-likeness (QED) is 0.896. The fraction of sp³-hybridized carbons (Fsp3) is 0.700. The second kappa shape index (κ2) is 4.94. The molecule has 1 rings (SSSR count). The molecule has 80 valence electrons. The molecule has 4 heteroatoms. The maximum atomic E-state index is 4.46. The Kier molecular flexibility index (Phi) is 4.13. The Balaban J connectivity index is 2.90. The predicted octanol–water partition coefficient (Wildman–Crippen LogP) is 1.90. The molecule has 0 spiro atoms. The normalized spacial score (nSPS) is 13.2. The third-order valence-electron chi connectivity index (χ3n) is 2.50. The molecule has 1 unspecified atom stereocenters. The van der Waals surface area contributed by atoms with Gasteiger partial charge in [0.2, 0.25) is 0 Å². The number of hydrogen-bond acceptors (Lipinski definition) is 2.